The van der Waals surface area contributed by atoms with Crippen LogP contribution in [0.1, 0.15) is 31.6 Å². The molecule has 6 heteroatoms. The minimum Gasteiger partial charge on any atom is -0.317 e. The van der Waals surface area contributed by atoms with Gasteiger partial charge in [-0.15, -0.1) is 11.3 Å². The average Bonchev–Trinajstić information content (AvgIpc) is 2.96. The summed E-state index contributed by atoms with van der Waals surface area (Å²) >= 11 is 1.40. The van der Waals surface area contributed by atoms with Gasteiger partial charge in [-0.05, 0) is 51.3 Å². The van der Waals surface area contributed by atoms with Crippen LogP contribution >= 0.6 is 11.3 Å². The summed E-state index contributed by atoms with van der Waals surface area (Å²) in [5.74, 6) is 0.397. The molecule has 20 heavy (non-hydrogen) atoms. The van der Waals surface area contributed by atoms with Gasteiger partial charge in [0.2, 0.25) is 0 Å². The predicted molar refractivity (Wildman–Crippen MR) is 83.7 cm³/mol. The van der Waals surface area contributed by atoms with E-state index in [1.165, 1.54) is 11.3 Å². The zero-order valence-electron chi connectivity index (χ0n) is 12.4. The lowest BCUT2D eigenvalue weighted by Crippen LogP contribution is -2.45. The lowest BCUT2D eigenvalue weighted by Gasteiger charge is -2.34. The first-order valence-electron chi connectivity index (χ1n) is 7.25. The Hall–Kier alpha value is -0.430. The standard InChI is InChI=1S/C14H24N2O2S2/c1-4-13-7-8-14(19-13)20(17,18)16-9-5-6-12(10-16)11(2)15-3/h7-8,11-12,15H,4-6,9-10H2,1-3H3. The minimum absolute atomic E-state index is 0.350. The zero-order valence-corrected chi connectivity index (χ0v) is 14.1. The first-order chi connectivity index (χ1) is 9.48. The number of nitrogens with zero attached hydrogens (tertiary/aromatic N) is 1. The summed E-state index contributed by atoms with van der Waals surface area (Å²) in [6.45, 7) is 5.45. The molecule has 0 aliphatic carbocycles. The fourth-order valence-corrected chi connectivity index (χ4v) is 5.64. The summed E-state index contributed by atoms with van der Waals surface area (Å²) in [6, 6.07) is 4.03. The molecule has 1 fully saturated rings. The van der Waals surface area contributed by atoms with E-state index in [1.54, 1.807) is 10.4 Å². The van der Waals surface area contributed by atoms with Gasteiger partial charge in [-0.1, -0.05) is 6.92 Å². The number of hydrogen-bond acceptors (Lipinski definition) is 4. The second-order valence-corrected chi connectivity index (χ2v) is 8.75. The van der Waals surface area contributed by atoms with Crippen molar-refractivity contribution in [1.29, 1.82) is 0 Å². The fraction of sp³-hybridized carbons (Fsp3) is 0.714. The Morgan fingerprint density at radius 1 is 1.50 bits per heavy atom. The molecular formula is C14H24N2O2S2. The summed E-state index contributed by atoms with van der Waals surface area (Å²) in [5, 5.41) is 3.24. The highest BCUT2D eigenvalue weighted by Crippen LogP contribution is 2.29. The van der Waals surface area contributed by atoms with E-state index in [9.17, 15) is 8.42 Å². The van der Waals surface area contributed by atoms with Crippen LogP contribution in [0.25, 0.3) is 0 Å². The molecule has 1 aliphatic heterocycles. The van der Waals surface area contributed by atoms with E-state index in [0.29, 0.717) is 29.3 Å². The highest BCUT2D eigenvalue weighted by atomic mass is 32.2. The number of hydrogen-bond donors (Lipinski definition) is 1. The van der Waals surface area contributed by atoms with E-state index in [1.807, 2.05) is 20.0 Å². The van der Waals surface area contributed by atoms with Crippen molar-refractivity contribution < 1.29 is 8.42 Å². The predicted octanol–water partition coefficient (Wildman–Crippen LogP) is 2.32. The summed E-state index contributed by atoms with van der Waals surface area (Å²) in [6.07, 6.45) is 2.93. The second-order valence-electron chi connectivity index (χ2n) is 5.42. The van der Waals surface area contributed by atoms with Crippen LogP contribution in [0.2, 0.25) is 0 Å². The molecule has 0 saturated carbocycles. The Balaban J connectivity index is 2.16. The summed E-state index contributed by atoms with van der Waals surface area (Å²) in [7, 11) is -1.37. The molecule has 2 heterocycles. The smallest absolute Gasteiger partial charge is 0.252 e. The molecule has 1 N–H and O–H groups in total. The molecule has 0 amide bonds. The van der Waals surface area contributed by atoms with Crippen molar-refractivity contribution in [3.8, 4) is 0 Å². The molecule has 4 nitrogen and oxygen atoms in total. The van der Waals surface area contributed by atoms with Crippen LogP contribution < -0.4 is 5.32 Å². The van der Waals surface area contributed by atoms with Gasteiger partial charge in [0.25, 0.3) is 10.0 Å². The van der Waals surface area contributed by atoms with E-state index in [-0.39, 0.29) is 0 Å². The van der Waals surface area contributed by atoms with Gasteiger partial charge in [0.05, 0.1) is 0 Å². The molecule has 0 bridgehead atoms. The zero-order chi connectivity index (χ0) is 14.8. The number of sulfonamides is 1. The molecule has 1 aromatic heterocycles. The molecule has 0 aromatic carbocycles. The maximum absolute atomic E-state index is 12.7. The Labute approximate surface area is 126 Å². The number of nitrogens with one attached hydrogen (secondary N) is 1. The number of rotatable bonds is 5. The minimum atomic E-state index is -3.30. The van der Waals surface area contributed by atoms with Gasteiger partial charge in [-0.3, -0.25) is 0 Å². The van der Waals surface area contributed by atoms with Crippen molar-refractivity contribution in [3.63, 3.8) is 0 Å². The van der Waals surface area contributed by atoms with E-state index in [2.05, 4.69) is 12.2 Å². The van der Waals surface area contributed by atoms with Crippen molar-refractivity contribution >= 4 is 21.4 Å². The molecule has 0 spiro atoms. The number of aryl methyl sites for hydroxylation is 1. The summed E-state index contributed by atoms with van der Waals surface area (Å²) < 4.78 is 27.5. The maximum atomic E-state index is 12.7. The SMILES string of the molecule is CCc1ccc(S(=O)(=O)N2CCCC(C(C)NC)C2)s1. The van der Waals surface area contributed by atoms with Gasteiger partial charge < -0.3 is 5.32 Å². The third-order valence-corrected chi connectivity index (χ3v) is 7.72. The number of piperidine rings is 1. The van der Waals surface area contributed by atoms with E-state index in [0.717, 1.165) is 24.1 Å². The van der Waals surface area contributed by atoms with E-state index >= 15 is 0 Å². The highest BCUT2D eigenvalue weighted by molar-refractivity contribution is 7.91. The lowest BCUT2D eigenvalue weighted by atomic mass is 9.93. The Morgan fingerprint density at radius 3 is 2.85 bits per heavy atom. The third-order valence-electron chi connectivity index (χ3n) is 4.16. The first kappa shape index (κ1) is 15.9. The summed E-state index contributed by atoms with van der Waals surface area (Å²) in [5.41, 5.74) is 0. The molecule has 2 atom stereocenters. The van der Waals surface area contributed by atoms with Crippen LogP contribution in [0, 0.1) is 5.92 Å². The molecule has 2 unspecified atom stereocenters. The average molecular weight is 316 g/mol. The Morgan fingerprint density at radius 2 is 2.25 bits per heavy atom. The molecule has 1 aromatic rings. The second kappa shape index (κ2) is 6.56. The molecule has 1 aliphatic rings. The van der Waals surface area contributed by atoms with Crippen molar-refractivity contribution in [3.05, 3.63) is 17.0 Å². The third kappa shape index (κ3) is 3.24. The quantitative estimate of drug-likeness (QED) is 0.907. The lowest BCUT2D eigenvalue weighted by molar-refractivity contribution is 0.229. The van der Waals surface area contributed by atoms with E-state index in [4.69, 9.17) is 0 Å². The summed E-state index contributed by atoms with van der Waals surface area (Å²) in [4.78, 5) is 1.13. The van der Waals surface area contributed by atoms with Crippen LogP contribution in [-0.4, -0.2) is 38.9 Å². The molecule has 0 radical (unpaired) electrons. The van der Waals surface area contributed by atoms with Crippen LogP contribution in [0.4, 0.5) is 0 Å². The van der Waals surface area contributed by atoms with Crippen molar-refractivity contribution in [1.82, 2.24) is 9.62 Å². The Kier molecular flexibility index (Phi) is 5.23. The van der Waals surface area contributed by atoms with E-state index < -0.39 is 10.0 Å². The van der Waals surface area contributed by atoms with Crippen LogP contribution in [0.5, 0.6) is 0 Å². The van der Waals surface area contributed by atoms with Crippen molar-refractivity contribution in [2.45, 2.75) is 43.4 Å². The van der Waals surface area contributed by atoms with Gasteiger partial charge in [0, 0.05) is 24.0 Å². The molecule has 114 valence electrons. The van der Waals surface area contributed by atoms with Gasteiger partial charge in [0.1, 0.15) is 4.21 Å². The normalized spacial score (nSPS) is 22.9. The monoisotopic (exact) mass is 316 g/mol. The van der Waals surface area contributed by atoms with Crippen molar-refractivity contribution in [2.75, 3.05) is 20.1 Å². The van der Waals surface area contributed by atoms with Crippen LogP contribution in [0.3, 0.4) is 0 Å². The molecule has 1 saturated heterocycles. The van der Waals surface area contributed by atoms with Gasteiger partial charge >= 0.3 is 0 Å². The first-order valence-corrected chi connectivity index (χ1v) is 9.50. The molecular weight excluding hydrogens is 292 g/mol. The van der Waals surface area contributed by atoms with Crippen molar-refractivity contribution in [2.24, 2.45) is 5.92 Å². The fourth-order valence-electron chi connectivity index (χ4n) is 2.65. The number of thiophene rings is 1. The maximum Gasteiger partial charge on any atom is 0.252 e. The van der Waals surface area contributed by atoms with Gasteiger partial charge in [-0.2, -0.15) is 4.31 Å². The van der Waals surface area contributed by atoms with Crippen LogP contribution in [-0.2, 0) is 16.4 Å². The van der Waals surface area contributed by atoms with Crippen LogP contribution in [0.15, 0.2) is 16.3 Å². The topological polar surface area (TPSA) is 49.4 Å². The Bertz CT molecular complexity index is 539. The van der Waals surface area contributed by atoms with Gasteiger partial charge in [-0.25, -0.2) is 8.42 Å². The molecule has 2 rings (SSSR count). The van der Waals surface area contributed by atoms with Gasteiger partial charge in [0.15, 0.2) is 0 Å². The largest absolute Gasteiger partial charge is 0.317 e. The highest BCUT2D eigenvalue weighted by Gasteiger charge is 2.32.